The molecule has 0 aliphatic carbocycles. The highest BCUT2D eigenvalue weighted by molar-refractivity contribution is 5.98. The number of hydrogen-bond donors (Lipinski definition) is 0. The summed E-state index contributed by atoms with van der Waals surface area (Å²) in [6, 6.07) is 1.75. The Hall–Kier alpha value is -1.42. The summed E-state index contributed by atoms with van der Waals surface area (Å²) in [5, 5.41) is 0. The van der Waals surface area contributed by atoms with E-state index in [1.165, 1.54) is 0 Å². The van der Waals surface area contributed by atoms with Crippen LogP contribution in [-0.2, 0) is 4.74 Å². The van der Waals surface area contributed by atoms with Gasteiger partial charge in [-0.2, -0.15) is 0 Å². The number of aromatic nitrogens is 1. The molecule has 1 aromatic heterocycles. The fourth-order valence-electron chi connectivity index (χ4n) is 1.78. The minimum absolute atomic E-state index is 0.0151. The minimum Gasteiger partial charge on any atom is -0.492 e. The summed E-state index contributed by atoms with van der Waals surface area (Å²) in [6.07, 6.45) is 4.01. The van der Waals surface area contributed by atoms with Crippen LogP contribution >= 0.6 is 0 Å². The van der Waals surface area contributed by atoms with Crippen molar-refractivity contribution < 1.29 is 14.3 Å². The zero-order valence-electron chi connectivity index (χ0n) is 9.31. The van der Waals surface area contributed by atoms with Crippen LogP contribution in [0.15, 0.2) is 18.5 Å². The quantitative estimate of drug-likeness (QED) is 0.726. The molecule has 0 bridgehead atoms. The Bertz CT molecular complexity index is 372. The van der Waals surface area contributed by atoms with Gasteiger partial charge in [0.15, 0.2) is 5.78 Å². The van der Waals surface area contributed by atoms with Gasteiger partial charge in [0.2, 0.25) is 0 Å². The zero-order chi connectivity index (χ0) is 11.4. The first kappa shape index (κ1) is 11.1. The summed E-state index contributed by atoms with van der Waals surface area (Å²) in [7, 11) is 0. The molecule has 16 heavy (non-hydrogen) atoms. The highest BCUT2D eigenvalue weighted by Gasteiger charge is 2.24. The molecular weight excluding hydrogens is 206 g/mol. The van der Waals surface area contributed by atoms with E-state index < -0.39 is 0 Å². The number of carbonyl (C=O) groups excluding carboxylic acids is 1. The van der Waals surface area contributed by atoms with E-state index in [1.54, 1.807) is 18.5 Å². The van der Waals surface area contributed by atoms with Gasteiger partial charge in [-0.05, 0) is 19.4 Å². The second-order valence-corrected chi connectivity index (χ2v) is 3.77. The van der Waals surface area contributed by atoms with Gasteiger partial charge in [-0.3, -0.25) is 9.78 Å². The van der Waals surface area contributed by atoms with Gasteiger partial charge in [0.05, 0.1) is 19.4 Å². The normalized spacial score (nSPS) is 19.7. The Morgan fingerprint density at radius 3 is 3.19 bits per heavy atom. The lowest BCUT2D eigenvalue weighted by Gasteiger charge is -2.08. The summed E-state index contributed by atoms with van der Waals surface area (Å²) in [6.45, 7) is 3.68. The van der Waals surface area contributed by atoms with Crippen LogP contribution in [0.4, 0.5) is 0 Å². The standard InChI is InChI=1S/C12H15NO3/c1-2-16-11-5-10(6-13-7-11)12(14)9-3-4-15-8-9/h5-7,9H,2-4,8H2,1H3. The molecule has 2 heterocycles. The molecule has 1 fully saturated rings. The summed E-state index contributed by atoms with van der Waals surface area (Å²) in [5.41, 5.74) is 0.612. The molecule has 1 aliphatic heterocycles. The van der Waals surface area contributed by atoms with Gasteiger partial charge in [-0.1, -0.05) is 0 Å². The Morgan fingerprint density at radius 2 is 2.50 bits per heavy atom. The molecule has 0 amide bonds. The van der Waals surface area contributed by atoms with E-state index in [0.717, 1.165) is 6.42 Å². The minimum atomic E-state index is -0.0151. The van der Waals surface area contributed by atoms with E-state index in [0.29, 0.717) is 31.1 Å². The molecule has 1 aromatic rings. The lowest BCUT2D eigenvalue weighted by molar-refractivity contribution is 0.0899. The Morgan fingerprint density at radius 1 is 1.62 bits per heavy atom. The molecule has 0 spiro atoms. The maximum atomic E-state index is 12.0. The van der Waals surface area contributed by atoms with Crippen LogP contribution in [0.5, 0.6) is 5.75 Å². The summed E-state index contributed by atoms with van der Waals surface area (Å²) in [4.78, 5) is 16.0. The van der Waals surface area contributed by atoms with E-state index in [1.807, 2.05) is 6.92 Å². The van der Waals surface area contributed by atoms with Crippen molar-refractivity contribution in [2.75, 3.05) is 19.8 Å². The number of pyridine rings is 1. The molecule has 0 saturated carbocycles. The number of rotatable bonds is 4. The lowest BCUT2D eigenvalue weighted by Crippen LogP contribution is -2.14. The topological polar surface area (TPSA) is 48.4 Å². The first-order valence-electron chi connectivity index (χ1n) is 5.51. The number of ketones is 1. The van der Waals surface area contributed by atoms with Crippen LogP contribution in [0.25, 0.3) is 0 Å². The van der Waals surface area contributed by atoms with E-state index in [9.17, 15) is 4.79 Å². The number of carbonyl (C=O) groups is 1. The molecule has 1 saturated heterocycles. The largest absolute Gasteiger partial charge is 0.492 e. The maximum absolute atomic E-state index is 12.0. The van der Waals surface area contributed by atoms with Gasteiger partial charge < -0.3 is 9.47 Å². The fraction of sp³-hybridized carbons (Fsp3) is 0.500. The van der Waals surface area contributed by atoms with Crippen LogP contribution in [0, 0.1) is 5.92 Å². The molecule has 1 aliphatic rings. The van der Waals surface area contributed by atoms with Crippen molar-refractivity contribution in [1.29, 1.82) is 0 Å². The van der Waals surface area contributed by atoms with Gasteiger partial charge >= 0.3 is 0 Å². The molecular formula is C12H15NO3. The van der Waals surface area contributed by atoms with Crippen molar-refractivity contribution in [2.45, 2.75) is 13.3 Å². The predicted molar refractivity (Wildman–Crippen MR) is 58.7 cm³/mol. The van der Waals surface area contributed by atoms with Gasteiger partial charge in [-0.15, -0.1) is 0 Å². The van der Waals surface area contributed by atoms with Crippen molar-refractivity contribution in [3.8, 4) is 5.75 Å². The fourth-order valence-corrected chi connectivity index (χ4v) is 1.78. The van der Waals surface area contributed by atoms with Crippen LogP contribution in [0.2, 0.25) is 0 Å². The van der Waals surface area contributed by atoms with Crippen molar-refractivity contribution in [1.82, 2.24) is 4.98 Å². The van der Waals surface area contributed by atoms with Crippen molar-refractivity contribution >= 4 is 5.78 Å². The SMILES string of the molecule is CCOc1cncc(C(=O)C2CCOC2)c1. The molecule has 86 valence electrons. The van der Waals surface area contributed by atoms with Crippen LogP contribution in [-0.4, -0.2) is 30.6 Å². The van der Waals surface area contributed by atoms with Gasteiger partial charge in [0, 0.05) is 24.3 Å². The summed E-state index contributed by atoms with van der Waals surface area (Å²) < 4.78 is 10.5. The molecule has 4 nitrogen and oxygen atoms in total. The van der Waals surface area contributed by atoms with Crippen molar-refractivity contribution in [3.63, 3.8) is 0 Å². The third-order valence-electron chi connectivity index (χ3n) is 2.61. The highest BCUT2D eigenvalue weighted by Crippen LogP contribution is 2.20. The van der Waals surface area contributed by atoms with Gasteiger partial charge in [0.1, 0.15) is 5.75 Å². The molecule has 0 radical (unpaired) electrons. The highest BCUT2D eigenvalue weighted by atomic mass is 16.5. The summed E-state index contributed by atoms with van der Waals surface area (Å²) >= 11 is 0. The average Bonchev–Trinajstić information content (AvgIpc) is 2.82. The summed E-state index contributed by atoms with van der Waals surface area (Å²) in [5.74, 6) is 0.734. The zero-order valence-corrected chi connectivity index (χ0v) is 9.31. The van der Waals surface area contributed by atoms with Crippen molar-refractivity contribution in [3.05, 3.63) is 24.0 Å². The molecule has 0 aromatic carbocycles. The van der Waals surface area contributed by atoms with E-state index >= 15 is 0 Å². The average molecular weight is 221 g/mol. The Kier molecular flexibility index (Phi) is 3.51. The molecule has 0 N–H and O–H groups in total. The molecule has 1 atom stereocenters. The lowest BCUT2D eigenvalue weighted by atomic mass is 9.98. The van der Waals surface area contributed by atoms with Crippen molar-refractivity contribution in [2.24, 2.45) is 5.92 Å². The van der Waals surface area contributed by atoms with E-state index in [4.69, 9.17) is 9.47 Å². The maximum Gasteiger partial charge on any atom is 0.170 e. The number of Topliss-reactive ketones (excluding diaryl/α,β-unsaturated/α-hetero) is 1. The number of hydrogen-bond acceptors (Lipinski definition) is 4. The third-order valence-corrected chi connectivity index (χ3v) is 2.61. The van der Waals surface area contributed by atoms with Crippen LogP contribution < -0.4 is 4.74 Å². The monoisotopic (exact) mass is 221 g/mol. The Labute approximate surface area is 94.6 Å². The van der Waals surface area contributed by atoms with Crippen LogP contribution in [0.3, 0.4) is 0 Å². The van der Waals surface area contributed by atoms with E-state index in [2.05, 4.69) is 4.98 Å². The number of ether oxygens (including phenoxy) is 2. The van der Waals surface area contributed by atoms with Gasteiger partial charge in [-0.25, -0.2) is 0 Å². The first-order chi connectivity index (χ1) is 7.81. The molecule has 1 unspecified atom stereocenters. The number of nitrogens with zero attached hydrogens (tertiary/aromatic N) is 1. The van der Waals surface area contributed by atoms with Gasteiger partial charge in [0.25, 0.3) is 0 Å². The predicted octanol–water partition coefficient (Wildman–Crippen LogP) is 1.70. The first-order valence-corrected chi connectivity index (χ1v) is 5.51. The molecule has 2 rings (SSSR count). The Balaban J connectivity index is 2.12. The third kappa shape index (κ3) is 2.39. The van der Waals surface area contributed by atoms with Crippen LogP contribution in [0.1, 0.15) is 23.7 Å². The second-order valence-electron chi connectivity index (χ2n) is 3.77. The second kappa shape index (κ2) is 5.07. The smallest absolute Gasteiger partial charge is 0.170 e. The van der Waals surface area contributed by atoms with E-state index in [-0.39, 0.29) is 11.7 Å². The molecule has 4 heteroatoms.